The minimum Gasteiger partial charge on any atom is -0.480 e. The van der Waals surface area contributed by atoms with Gasteiger partial charge in [-0.25, -0.2) is 4.79 Å². The van der Waals surface area contributed by atoms with Crippen molar-refractivity contribution in [3.05, 3.63) is 0 Å². The average Bonchev–Trinajstić information content (AvgIpc) is 3.27. The molecule has 1 rings (SSSR count). The quantitative estimate of drug-likeness (QED) is 0.0752. The summed E-state index contributed by atoms with van der Waals surface area (Å²) in [6.07, 6.45) is 2.37. The zero-order valence-electron chi connectivity index (χ0n) is 19.2. The largest absolute Gasteiger partial charge is 0.480 e. The Morgan fingerprint density at radius 2 is 1.70 bits per heavy atom. The number of carbonyl (C=O) groups is 4. The van der Waals surface area contributed by atoms with E-state index in [0.717, 1.165) is 6.42 Å². The van der Waals surface area contributed by atoms with E-state index in [0.29, 0.717) is 19.4 Å². The number of amides is 3. The van der Waals surface area contributed by atoms with E-state index in [-0.39, 0.29) is 37.2 Å². The third kappa shape index (κ3) is 10.5. The maximum atomic E-state index is 13.0. The SMILES string of the molecule is CC(C)CC(NC(=O)C(CCCN=C(N)N)NC(=O)C1CCCN1)C(=O)NC(CO)C(=O)O. The maximum Gasteiger partial charge on any atom is 0.328 e. The Kier molecular flexibility index (Phi) is 12.1. The molecule has 0 spiro atoms. The smallest absolute Gasteiger partial charge is 0.328 e. The van der Waals surface area contributed by atoms with Gasteiger partial charge >= 0.3 is 5.97 Å². The highest BCUT2D eigenvalue weighted by Crippen LogP contribution is 2.09. The van der Waals surface area contributed by atoms with Gasteiger partial charge in [-0.05, 0) is 44.6 Å². The summed E-state index contributed by atoms with van der Waals surface area (Å²) in [7, 11) is 0. The van der Waals surface area contributed by atoms with Gasteiger partial charge in [-0.2, -0.15) is 0 Å². The van der Waals surface area contributed by atoms with Crippen LogP contribution in [0.4, 0.5) is 0 Å². The standard InChI is InChI=1S/C20H37N7O6/c1-11(2)9-14(18(31)27-15(10-28)19(32)33)26-17(30)13(6-4-8-24-20(21)22)25-16(29)12-5-3-7-23-12/h11-15,23,28H,3-10H2,1-2H3,(H,25,29)(H,26,30)(H,27,31)(H,32,33)(H4,21,22,24). The summed E-state index contributed by atoms with van der Waals surface area (Å²) in [6, 6.07) is -3.88. The predicted molar refractivity (Wildman–Crippen MR) is 121 cm³/mol. The first-order chi connectivity index (χ1) is 15.5. The molecule has 1 aliphatic heterocycles. The van der Waals surface area contributed by atoms with Crippen LogP contribution in [0.5, 0.6) is 0 Å². The van der Waals surface area contributed by atoms with Crippen LogP contribution in [-0.4, -0.2) is 83.7 Å². The number of aliphatic hydroxyl groups is 1. The molecule has 0 radical (unpaired) electrons. The number of carboxylic acid groups (broad SMARTS) is 1. The lowest BCUT2D eigenvalue weighted by molar-refractivity contribution is -0.143. The minimum absolute atomic E-state index is 0.00366. The highest BCUT2D eigenvalue weighted by molar-refractivity contribution is 5.94. The molecule has 0 aromatic heterocycles. The normalized spacial score (nSPS) is 18.1. The lowest BCUT2D eigenvalue weighted by atomic mass is 10.0. The number of hydrogen-bond acceptors (Lipinski definition) is 7. The Morgan fingerprint density at radius 1 is 1.06 bits per heavy atom. The van der Waals surface area contributed by atoms with Gasteiger partial charge in [-0.1, -0.05) is 13.8 Å². The lowest BCUT2D eigenvalue weighted by Crippen LogP contribution is -2.57. The van der Waals surface area contributed by atoms with Crippen molar-refractivity contribution in [1.82, 2.24) is 21.3 Å². The number of aliphatic imine (C=N–C) groups is 1. The van der Waals surface area contributed by atoms with Crippen molar-refractivity contribution in [2.75, 3.05) is 19.7 Å². The second-order valence-corrected chi connectivity index (χ2v) is 8.43. The number of aliphatic hydroxyl groups excluding tert-OH is 1. The topological polar surface area (TPSA) is 221 Å². The van der Waals surface area contributed by atoms with Crippen molar-refractivity contribution in [3.8, 4) is 0 Å². The molecule has 1 saturated heterocycles. The monoisotopic (exact) mass is 471 g/mol. The highest BCUT2D eigenvalue weighted by atomic mass is 16.4. The third-order valence-corrected chi connectivity index (χ3v) is 5.09. The summed E-state index contributed by atoms with van der Waals surface area (Å²) >= 11 is 0. The number of rotatable bonds is 14. The molecule has 1 heterocycles. The summed E-state index contributed by atoms with van der Waals surface area (Å²) in [5, 5.41) is 28.9. The van der Waals surface area contributed by atoms with E-state index >= 15 is 0 Å². The number of aliphatic carboxylic acids is 1. The third-order valence-electron chi connectivity index (χ3n) is 5.09. The fourth-order valence-corrected chi connectivity index (χ4v) is 3.39. The van der Waals surface area contributed by atoms with Gasteiger partial charge in [0.05, 0.1) is 12.6 Å². The van der Waals surface area contributed by atoms with E-state index in [1.165, 1.54) is 0 Å². The van der Waals surface area contributed by atoms with Gasteiger partial charge in [0.15, 0.2) is 5.96 Å². The van der Waals surface area contributed by atoms with Crippen molar-refractivity contribution in [1.29, 1.82) is 0 Å². The predicted octanol–water partition coefficient (Wildman–Crippen LogP) is -2.63. The molecule has 0 aromatic carbocycles. The zero-order chi connectivity index (χ0) is 25.0. The molecule has 13 heteroatoms. The summed E-state index contributed by atoms with van der Waals surface area (Å²) in [4.78, 5) is 53.2. The van der Waals surface area contributed by atoms with Gasteiger partial charge in [-0.3, -0.25) is 19.4 Å². The van der Waals surface area contributed by atoms with Crippen LogP contribution in [0.2, 0.25) is 0 Å². The second kappa shape index (κ2) is 14.3. The van der Waals surface area contributed by atoms with Crippen LogP contribution in [0.3, 0.4) is 0 Å². The van der Waals surface area contributed by atoms with Gasteiger partial charge in [0, 0.05) is 6.54 Å². The first-order valence-corrected chi connectivity index (χ1v) is 11.1. The van der Waals surface area contributed by atoms with Crippen molar-refractivity contribution in [2.24, 2.45) is 22.4 Å². The molecular weight excluding hydrogens is 434 g/mol. The Labute approximate surface area is 193 Å². The van der Waals surface area contributed by atoms with Gasteiger partial charge in [0.1, 0.15) is 18.1 Å². The van der Waals surface area contributed by atoms with E-state index < -0.39 is 48.6 Å². The van der Waals surface area contributed by atoms with E-state index in [2.05, 4.69) is 26.3 Å². The van der Waals surface area contributed by atoms with Gasteiger partial charge in [-0.15, -0.1) is 0 Å². The molecule has 0 aromatic rings. The molecule has 0 saturated carbocycles. The van der Waals surface area contributed by atoms with Crippen molar-refractivity contribution < 1.29 is 29.4 Å². The molecule has 1 fully saturated rings. The van der Waals surface area contributed by atoms with Gasteiger partial charge in [0.2, 0.25) is 17.7 Å². The second-order valence-electron chi connectivity index (χ2n) is 8.43. The molecule has 3 amide bonds. The molecule has 0 aliphatic carbocycles. The molecule has 188 valence electrons. The van der Waals surface area contributed by atoms with Crippen LogP contribution in [0, 0.1) is 5.92 Å². The van der Waals surface area contributed by atoms with Crippen LogP contribution in [0.1, 0.15) is 46.0 Å². The Hall–Kier alpha value is -2.93. The van der Waals surface area contributed by atoms with E-state index in [4.69, 9.17) is 16.6 Å². The van der Waals surface area contributed by atoms with Crippen LogP contribution in [-0.2, 0) is 19.2 Å². The minimum atomic E-state index is -1.49. The number of hydrogen-bond donors (Lipinski definition) is 8. The number of nitrogens with two attached hydrogens (primary N) is 2. The zero-order valence-corrected chi connectivity index (χ0v) is 19.2. The van der Waals surface area contributed by atoms with E-state index in [1.54, 1.807) is 0 Å². The fraction of sp³-hybridized carbons (Fsp3) is 0.750. The number of nitrogens with zero attached hydrogens (tertiary/aromatic N) is 1. The van der Waals surface area contributed by atoms with Crippen LogP contribution < -0.4 is 32.7 Å². The Balaban J connectivity index is 2.91. The number of carbonyl (C=O) groups excluding carboxylic acids is 3. The summed E-state index contributed by atoms with van der Waals surface area (Å²) in [6.45, 7) is 3.87. The first kappa shape index (κ1) is 28.1. The van der Waals surface area contributed by atoms with Gasteiger partial charge < -0.3 is 42.9 Å². The van der Waals surface area contributed by atoms with Crippen molar-refractivity contribution in [3.63, 3.8) is 0 Å². The number of carboxylic acids is 1. The van der Waals surface area contributed by atoms with Crippen molar-refractivity contribution >= 4 is 29.7 Å². The molecule has 1 aliphatic rings. The van der Waals surface area contributed by atoms with E-state index in [1.807, 2.05) is 13.8 Å². The summed E-state index contributed by atoms with van der Waals surface area (Å²) in [5.74, 6) is -3.11. The molecule has 0 bridgehead atoms. The molecule has 13 nitrogen and oxygen atoms in total. The van der Waals surface area contributed by atoms with E-state index in [9.17, 15) is 24.3 Å². The molecule has 33 heavy (non-hydrogen) atoms. The lowest BCUT2D eigenvalue weighted by Gasteiger charge is -2.26. The Bertz CT molecular complexity index is 705. The highest BCUT2D eigenvalue weighted by Gasteiger charge is 2.31. The summed E-state index contributed by atoms with van der Waals surface area (Å²) in [5.41, 5.74) is 10.6. The fourth-order valence-electron chi connectivity index (χ4n) is 3.39. The van der Waals surface area contributed by atoms with Crippen LogP contribution in [0.25, 0.3) is 0 Å². The molecular formula is C20H37N7O6. The Morgan fingerprint density at radius 3 is 2.21 bits per heavy atom. The first-order valence-electron chi connectivity index (χ1n) is 11.1. The molecule has 4 atom stereocenters. The number of nitrogens with one attached hydrogen (secondary N) is 4. The number of guanidine groups is 1. The summed E-state index contributed by atoms with van der Waals surface area (Å²) < 4.78 is 0. The van der Waals surface area contributed by atoms with Crippen molar-refractivity contribution in [2.45, 2.75) is 70.1 Å². The average molecular weight is 472 g/mol. The van der Waals surface area contributed by atoms with Gasteiger partial charge in [0.25, 0.3) is 0 Å². The maximum absolute atomic E-state index is 13.0. The molecule has 10 N–H and O–H groups in total. The van der Waals surface area contributed by atoms with Crippen LogP contribution >= 0.6 is 0 Å². The molecule has 4 unspecified atom stereocenters. The van der Waals surface area contributed by atoms with Crippen LogP contribution in [0.15, 0.2) is 4.99 Å².